The van der Waals surface area contributed by atoms with E-state index in [1.54, 1.807) is 50.4 Å². The van der Waals surface area contributed by atoms with E-state index < -0.39 is 11.3 Å². The number of carbonyl (C=O) groups is 2. The van der Waals surface area contributed by atoms with Gasteiger partial charge in [-0.15, -0.1) is 0 Å². The summed E-state index contributed by atoms with van der Waals surface area (Å²) in [7, 11) is 1.60. The van der Waals surface area contributed by atoms with Crippen molar-refractivity contribution in [2.75, 3.05) is 13.6 Å². The number of fused-ring (bicyclic) bond motifs is 1. The minimum Gasteiger partial charge on any atom is -0.360 e. The largest absolute Gasteiger partial charge is 0.360 e. The number of para-hydroxylation sites is 1. The summed E-state index contributed by atoms with van der Waals surface area (Å²) in [6, 6.07) is 12.5. The van der Waals surface area contributed by atoms with Crippen molar-refractivity contribution < 1.29 is 14.0 Å². The molecule has 0 bridgehead atoms. The van der Waals surface area contributed by atoms with Crippen LogP contribution in [0.25, 0.3) is 10.9 Å². The molecule has 6 nitrogen and oxygen atoms in total. The Morgan fingerprint density at radius 2 is 1.82 bits per heavy atom. The van der Waals surface area contributed by atoms with Crippen LogP contribution in [-0.4, -0.2) is 35.3 Å². The lowest BCUT2D eigenvalue weighted by Gasteiger charge is -2.25. The molecule has 1 heterocycles. The third-order valence-corrected chi connectivity index (χ3v) is 4.76. The lowest BCUT2D eigenvalue weighted by Crippen LogP contribution is -2.40. The van der Waals surface area contributed by atoms with Gasteiger partial charge in [-0.1, -0.05) is 24.3 Å². The van der Waals surface area contributed by atoms with Crippen molar-refractivity contribution in [2.45, 2.75) is 13.0 Å². The van der Waals surface area contributed by atoms with Gasteiger partial charge in [0.25, 0.3) is 5.91 Å². The maximum atomic E-state index is 13.1. The summed E-state index contributed by atoms with van der Waals surface area (Å²) in [5.41, 5.74) is 0.954. The van der Waals surface area contributed by atoms with Gasteiger partial charge in [0.05, 0.1) is 12.6 Å². The van der Waals surface area contributed by atoms with Gasteiger partial charge in [-0.3, -0.25) is 14.4 Å². The first-order valence-corrected chi connectivity index (χ1v) is 8.78. The van der Waals surface area contributed by atoms with Crippen LogP contribution < -0.4 is 10.7 Å². The number of amides is 2. The summed E-state index contributed by atoms with van der Waals surface area (Å²) in [4.78, 5) is 41.6. The van der Waals surface area contributed by atoms with Gasteiger partial charge in [0.2, 0.25) is 11.3 Å². The van der Waals surface area contributed by atoms with Gasteiger partial charge >= 0.3 is 0 Å². The normalized spacial score (nSPS) is 11.8. The molecule has 7 heteroatoms. The average Bonchev–Trinajstić information content (AvgIpc) is 2.71. The van der Waals surface area contributed by atoms with Gasteiger partial charge in [0.15, 0.2) is 0 Å². The summed E-state index contributed by atoms with van der Waals surface area (Å²) in [5, 5.41) is 2.90. The molecule has 0 spiro atoms. The number of H-pyrrole nitrogens is 1. The van der Waals surface area contributed by atoms with E-state index in [1.165, 1.54) is 23.2 Å². The molecule has 0 aliphatic carbocycles. The summed E-state index contributed by atoms with van der Waals surface area (Å²) in [6.07, 6.45) is 1.34. The Kier molecular flexibility index (Phi) is 5.54. The Balaban J connectivity index is 1.67. The Morgan fingerprint density at radius 1 is 1.14 bits per heavy atom. The number of benzene rings is 2. The lowest BCUT2D eigenvalue weighted by molar-refractivity contribution is -0.130. The number of nitrogens with one attached hydrogen (secondary N) is 2. The smallest absolute Gasteiger partial charge is 0.257 e. The molecule has 3 rings (SSSR count). The van der Waals surface area contributed by atoms with Crippen molar-refractivity contribution in [2.24, 2.45) is 0 Å². The molecular formula is C21H20FN3O3. The van der Waals surface area contributed by atoms with Gasteiger partial charge in [-0.05, 0) is 36.8 Å². The third-order valence-electron chi connectivity index (χ3n) is 4.76. The molecular weight excluding hydrogens is 361 g/mol. The van der Waals surface area contributed by atoms with Crippen LogP contribution in [0.2, 0.25) is 0 Å². The van der Waals surface area contributed by atoms with Crippen LogP contribution in [0.1, 0.15) is 28.9 Å². The van der Waals surface area contributed by atoms with Gasteiger partial charge in [-0.25, -0.2) is 4.39 Å². The highest BCUT2D eigenvalue weighted by Gasteiger charge is 2.19. The van der Waals surface area contributed by atoms with Gasteiger partial charge in [-0.2, -0.15) is 0 Å². The molecule has 0 fully saturated rings. The summed E-state index contributed by atoms with van der Waals surface area (Å²) in [6.45, 7) is 1.55. The van der Waals surface area contributed by atoms with Crippen molar-refractivity contribution >= 4 is 22.7 Å². The molecule has 2 amide bonds. The fourth-order valence-electron chi connectivity index (χ4n) is 2.89. The van der Waals surface area contributed by atoms with Crippen LogP contribution in [0.5, 0.6) is 0 Å². The number of hydrogen-bond acceptors (Lipinski definition) is 3. The molecule has 1 atom stereocenters. The number of rotatable bonds is 5. The molecule has 0 radical (unpaired) electrons. The molecule has 3 aromatic rings. The van der Waals surface area contributed by atoms with Crippen molar-refractivity contribution in [3.05, 3.63) is 81.9 Å². The zero-order valence-electron chi connectivity index (χ0n) is 15.5. The van der Waals surface area contributed by atoms with E-state index in [0.717, 1.165) is 5.56 Å². The van der Waals surface area contributed by atoms with Gasteiger partial charge in [0, 0.05) is 24.1 Å². The molecule has 0 aliphatic heterocycles. The summed E-state index contributed by atoms with van der Waals surface area (Å²) < 4.78 is 13.1. The lowest BCUT2D eigenvalue weighted by atomic mass is 10.1. The number of aromatic amines is 1. The number of halogens is 1. The van der Waals surface area contributed by atoms with E-state index in [4.69, 9.17) is 0 Å². The molecule has 28 heavy (non-hydrogen) atoms. The van der Waals surface area contributed by atoms with Gasteiger partial charge < -0.3 is 15.2 Å². The van der Waals surface area contributed by atoms with E-state index in [2.05, 4.69) is 10.3 Å². The monoisotopic (exact) mass is 381 g/mol. The number of nitrogens with zero attached hydrogens (tertiary/aromatic N) is 1. The molecule has 1 aromatic heterocycles. The number of carbonyl (C=O) groups excluding carboxylic acids is 2. The van der Waals surface area contributed by atoms with Crippen LogP contribution in [0, 0.1) is 5.82 Å². The summed E-state index contributed by atoms with van der Waals surface area (Å²) in [5.74, 6) is -1.30. The van der Waals surface area contributed by atoms with E-state index in [9.17, 15) is 18.8 Å². The average molecular weight is 381 g/mol. The Morgan fingerprint density at radius 3 is 2.54 bits per heavy atom. The second-order valence-corrected chi connectivity index (χ2v) is 6.49. The minimum atomic E-state index is -0.622. The van der Waals surface area contributed by atoms with E-state index >= 15 is 0 Å². The van der Waals surface area contributed by atoms with Crippen LogP contribution in [0.4, 0.5) is 4.39 Å². The quantitative estimate of drug-likeness (QED) is 0.713. The zero-order valence-corrected chi connectivity index (χ0v) is 15.5. The van der Waals surface area contributed by atoms with Crippen molar-refractivity contribution in [1.29, 1.82) is 0 Å². The van der Waals surface area contributed by atoms with Gasteiger partial charge in [0.1, 0.15) is 11.4 Å². The predicted molar refractivity (Wildman–Crippen MR) is 104 cm³/mol. The second kappa shape index (κ2) is 8.04. The first kappa shape index (κ1) is 19.3. The van der Waals surface area contributed by atoms with Crippen LogP contribution in [0.3, 0.4) is 0 Å². The van der Waals surface area contributed by atoms with E-state index in [-0.39, 0.29) is 29.9 Å². The first-order chi connectivity index (χ1) is 13.4. The molecule has 0 saturated carbocycles. The Hall–Kier alpha value is -3.48. The van der Waals surface area contributed by atoms with E-state index in [0.29, 0.717) is 10.9 Å². The highest BCUT2D eigenvalue weighted by molar-refractivity contribution is 5.98. The zero-order chi connectivity index (χ0) is 20.3. The molecule has 2 N–H and O–H groups in total. The van der Waals surface area contributed by atoms with Crippen molar-refractivity contribution in [3.8, 4) is 0 Å². The molecule has 1 unspecified atom stereocenters. The van der Waals surface area contributed by atoms with Crippen LogP contribution >= 0.6 is 0 Å². The second-order valence-electron chi connectivity index (χ2n) is 6.49. The number of pyridine rings is 1. The predicted octanol–water partition coefficient (Wildman–Crippen LogP) is 2.62. The van der Waals surface area contributed by atoms with Crippen LogP contribution in [-0.2, 0) is 4.79 Å². The Bertz CT molecular complexity index is 1080. The SMILES string of the molecule is CC(c1ccc(F)cc1)N(C)C(=O)CNC(=O)c1c[nH]c2ccccc2c1=O. The highest BCUT2D eigenvalue weighted by Crippen LogP contribution is 2.18. The molecule has 144 valence electrons. The summed E-state index contributed by atoms with van der Waals surface area (Å²) >= 11 is 0. The fourth-order valence-corrected chi connectivity index (χ4v) is 2.89. The maximum Gasteiger partial charge on any atom is 0.257 e. The van der Waals surface area contributed by atoms with E-state index in [1.807, 2.05) is 0 Å². The maximum absolute atomic E-state index is 13.1. The number of likely N-dealkylation sites (N-methyl/N-ethyl adjacent to an activating group) is 1. The molecule has 0 aliphatic rings. The number of hydrogen-bond donors (Lipinski definition) is 2. The van der Waals surface area contributed by atoms with Crippen molar-refractivity contribution in [1.82, 2.24) is 15.2 Å². The molecule has 0 saturated heterocycles. The standard InChI is InChI=1S/C21H20FN3O3/c1-13(14-7-9-15(22)10-8-14)25(2)19(26)12-24-21(28)17-11-23-18-6-4-3-5-16(18)20(17)27/h3-11,13H,12H2,1-2H3,(H,23,27)(H,24,28). The Labute approximate surface area is 161 Å². The van der Waals surface area contributed by atoms with Crippen LogP contribution in [0.15, 0.2) is 59.5 Å². The topological polar surface area (TPSA) is 82.3 Å². The highest BCUT2D eigenvalue weighted by atomic mass is 19.1. The third kappa shape index (κ3) is 3.93. The first-order valence-electron chi connectivity index (χ1n) is 8.78. The molecule has 2 aromatic carbocycles. The minimum absolute atomic E-state index is 0.0549. The number of aromatic nitrogens is 1. The van der Waals surface area contributed by atoms with Crippen molar-refractivity contribution in [3.63, 3.8) is 0 Å². The fraction of sp³-hybridized carbons (Fsp3) is 0.190.